The molecule has 30 heavy (non-hydrogen) atoms. The number of H-pyrrole nitrogens is 1. The van der Waals surface area contributed by atoms with Crippen LogP contribution in [0.5, 0.6) is 0 Å². The average Bonchev–Trinajstić information content (AvgIpc) is 3.17. The quantitative estimate of drug-likeness (QED) is 0.812. The number of nitrogens with zero attached hydrogens (tertiary/aromatic N) is 3. The molecular weight excluding hydrogens is 400 g/mol. The Balaban J connectivity index is 1.40. The summed E-state index contributed by atoms with van der Waals surface area (Å²) in [4.78, 5) is 49.1. The molecule has 0 spiro atoms. The van der Waals surface area contributed by atoms with Gasteiger partial charge in [-0.15, -0.1) is 11.3 Å². The molecule has 0 radical (unpaired) electrons. The lowest BCUT2D eigenvalue weighted by atomic mass is 9.93. The van der Waals surface area contributed by atoms with Crippen molar-refractivity contribution in [3.05, 3.63) is 49.3 Å². The number of carbonyl (C=O) groups is 2. The molecule has 0 saturated carbocycles. The van der Waals surface area contributed by atoms with E-state index in [1.54, 1.807) is 16.2 Å². The van der Waals surface area contributed by atoms with Gasteiger partial charge in [-0.05, 0) is 18.9 Å². The van der Waals surface area contributed by atoms with E-state index in [1.165, 1.54) is 6.07 Å². The van der Waals surface area contributed by atoms with E-state index in [-0.39, 0.29) is 22.7 Å². The number of carbonyl (C=O) groups excluding carboxylic acids is 2. The van der Waals surface area contributed by atoms with Gasteiger partial charge in [0, 0.05) is 61.2 Å². The monoisotopic (exact) mass is 428 g/mol. The predicted octanol–water partition coefficient (Wildman–Crippen LogP) is 2.61. The van der Waals surface area contributed by atoms with Gasteiger partial charge >= 0.3 is 0 Å². The maximum Gasteiger partial charge on any atom is 0.261 e. The molecule has 0 unspecified atom stereocenters. The van der Waals surface area contributed by atoms with Crippen LogP contribution in [0.1, 0.15) is 70.7 Å². The van der Waals surface area contributed by atoms with Crippen LogP contribution in [0, 0.1) is 0 Å². The van der Waals surface area contributed by atoms with Gasteiger partial charge in [0.1, 0.15) is 5.56 Å². The predicted molar refractivity (Wildman–Crippen MR) is 116 cm³/mol. The largest absolute Gasteiger partial charge is 0.336 e. The summed E-state index contributed by atoms with van der Waals surface area (Å²) >= 11 is 1.69. The molecule has 8 heteroatoms. The lowest BCUT2D eigenvalue weighted by Gasteiger charge is -2.34. The minimum absolute atomic E-state index is 0.00394. The number of piperazine rings is 1. The number of amides is 1. The number of fused-ring (bicyclic) bond motifs is 1. The third-order valence-corrected chi connectivity index (χ3v) is 7.04. The number of hydrogen-bond acceptors (Lipinski definition) is 6. The Morgan fingerprint density at radius 2 is 1.90 bits per heavy atom. The van der Waals surface area contributed by atoms with Crippen molar-refractivity contribution in [3.63, 3.8) is 0 Å². The van der Waals surface area contributed by atoms with Crippen LogP contribution in [0.2, 0.25) is 0 Å². The average molecular weight is 429 g/mol. The molecule has 1 aliphatic heterocycles. The molecule has 0 atom stereocenters. The fourth-order valence-corrected chi connectivity index (χ4v) is 4.86. The summed E-state index contributed by atoms with van der Waals surface area (Å²) in [6, 6.07) is 1.51. The molecule has 1 amide bonds. The highest BCUT2D eigenvalue weighted by atomic mass is 32.1. The zero-order valence-corrected chi connectivity index (χ0v) is 18.6. The minimum Gasteiger partial charge on any atom is -0.336 e. The van der Waals surface area contributed by atoms with Crippen molar-refractivity contribution in [2.75, 3.05) is 26.2 Å². The van der Waals surface area contributed by atoms with Crippen LogP contribution >= 0.6 is 11.3 Å². The van der Waals surface area contributed by atoms with Crippen LogP contribution in [-0.4, -0.2) is 57.6 Å². The first-order valence-corrected chi connectivity index (χ1v) is 11.4. The first kappa shape index (κ1) is 20.9. The second kappa shape index (κ2) is 8.07. The normalized spacial score (nSPS) is 17.8. The standard InChI is InChI=1S/C22H28N4O3S/c1-22(2,3)21-23-14(13-30-21)12-25-7-9-26(10-8-25)20(29)16-11-15-17(24-19(16)28)5-4-6-18(15)27/h11,13H,4-10,12H2,1-3H3,(H,24,28). The van der Waals surface area contributed by atoms with Crippen LogP contribution < -0.4 is 5.56 Å². The van der Waals surface area contributed by atoms with Crippen molar-refractivity contribution in [3.8, 4) is 0 Å². The Labute approximate surface area is 180 Å². The van der Waals surface area contributed by atoms with E-state index in [9.17, 15) is 14.4 Å². The Hall–Kier alpha value is -2.32. The zero-order valence-electron chi connectivity index (χ0n) is 17.8. The fourth-order valence-electron chi connectivity index (χ4n) is 3.97. The molecule has 160 valence electrons. The maximum absolute atomic E-state index is 13.0. The molecule has 2 aromatic heterocycles. The lowest BCUT2D eigenvalue weighted by molar-refractivity contribution is 0.0625. The summed E-state index contributed by atoms with van der Waals surface area (Å²) in [5.41, 5.74) is 1.96. The van der Waals surface area contributed by atoms with E-state index < -0.39 is 5.56 Å². The van der Waals surface area contributed by atoms with E-state index in [2.05, 4.69) is 36.0 Å². The molecular formula is C22H28N4O3S. The van der Waals surface area contributed by atoms with Crippen LogP contribution in [0.4, 0.5) is 0 Å². The van der Waals surface area contributed by atoms with Crippen molar-refractivity contribution < 1.29 is 9.59 Å². The van der Waals surface area contributed by atoms with Crippen LogP contribution in [0.3, 0.4) is 0 Å². The van der Waals surface area contributed by atoms with E-state index in [4.69, 9.17) is 4.98 Å². The maximum atomic E-state index is 13.0. The van der Waals surface area contributed by atoms with Gasteiger partial charge in [-0.1, -0.05) is 20.8 Å². The van der Waals surface area contributed by atoms with Crippen molar-refractivity contribution >= 4 is 23.0 Å². The molecule has 2 aromatic rings. The molecule has 1 fully saturated rings. The molecule has 3 heterocycles. The van der Waals surface area contributed by atoms with Gasteiger partial charge in [0.05, 0.1) is 10.7 Å². The van der Waals surface area contributed by atoms with E-state index >= 15 is 0 Å². The molecule has 1 aliphatic carbocycles. The second-order valence-electron chi connectivity index (χ2n) is 9.14. The number of rotatable bonds is 3. The number of pyridine rings is 1. The first-order chi connectivity index (χ1) is 14.2. The number of thiazole rings is 1. The summed E-state index contributed by atoms with van der Waals surface area (Å²) in [6.07, 6.45) is 1.89. The van der Waals surface area contributed by atoms with Gasteiger partial charge in [0.25, 0.3) is 11.5 Å². The molecule has 1 N–H and O–H groups in total. The summed E-state index contributed by atoms with van der Waals surface area (Å²) in [5.74, 6) is -0.287. The third-order valence-electron chi connectivity index (χ3n) is 5.72. The zero-order chi connectivity index (χ0) is 21.5. The SMILES string of the molecule is CC(C)(C)c1nc(CN2CCN(C(=O)c3cc4c([nH]c3=O)CCCC4=O)CC2)cs1. The molecule has 0 aromatic carbocycles. The number of nitrogens with one attached hydrogen (secondary N) is 1. The van der Waals surface area contributed by atoms with Gasteiger partial charge in [0.2, 0.25) is 0 Å². The number of ketones is 1. The fraction of sp³-hybridized carbons (Fsp3) is 0.545. The number of hydrogen-bond donors (Lipinski definition) is 1. The van der Waals surface area contributed by atoms with Crippen LogP contribution in [0.15, 0.2) is 16.2 Å². The van der Waals surface area contributed by atoms with E-state index in [1.807, 2.05) is 0 Å². The van der Waals surface area contributed by atoms with Gasteiger partial charge in [-0.25, -0.2) is 4.98 Å². The number of aryl methyl sites for hydroxylation is 1. The summed E-state index contributed by atoms with van der Waals surface area (Å²) in [6.45, 7) is 9.83. The number of Topliss-reactive ketones (excluding diaryl/α,β-unsaturated/α-hetero) is 1. The first-order valence-electron chi connectivity index (χ1n) is 10.5. The van der Waals surface area contributed by atoms with Crippen molar-refractivity contribution in [1.82, 2.24) is 19.8 Å². The van der Waals surface area contributed by atoms with E-state index in [0.29, 0.717) is 37.2 Å². The third kappa shape index (κ3) is 4.25. The van der Waals surface area contributed by atoms with Crippen molar-refractivity contribution in [1.29, 1.82) is 0 Å². The Kier molecular flexibility index (Phi) is 5.63. The molecule has 4 rings (SSSR count). The Bertz CT molecular complexity index is 1030. The van der Waals surface area contributed by atoms with Crippen molar-refractivity contribution in [2.24, 2.45) is 0 Å². The minimum atomic E-state index is -0.395. The van der Waals surface area contributed by atoms with Gasteiger partial charge in [0.15, 0.2) is 5.78 Å². The highest BCUT2D eigenvalue weighted by molar-refractivity contribution is 7.09. The number of aromatic nitrogens is 2. The van der Waals surface area contributed by atoms with Gasteiger partial charge in [-0.2, -0.15) is 0 Å². The summed E-state index contributed by atoms with van der Waals surface area (Å²) < 4.78 is 0. The highest BCUT2D eigenvalue weighted by Gasteiger charge is 2.27. The topological polar surface area (TPSA) is 86.4 Å². The van der Waals surface area contributed by atoms with Crippen LogP contribution in [-0.2, 0) is 18.4 Å². The number of aromatic amines is 1. The molecule has 7 nitrogen and oxygen atoms in total. The highest BCUT2D eigenvalue weighted by Crippen LogP contribution is 2.26. The summed E-state index contributed by atoms with van der Waals surface area (Å²) in [5, 5.41) is 3.24. The molecule has 0 bridgehead atoms. The van der Waals surface area contributed by atoms with Crippen LogP contribution in [0.25, 0.3) is 0 Å². The second-order valence-corrected chi connectivity index (χ2v) is 10.0. The van der Waals surface area contributed by atoms with Gasteiger partial charge in [-0.3, -0.25) is 19.3 Å². The van der Waals surface area contributed by atoms with E-state index in [0.717, 1.165) is 36.8 Å². The van der Waals surface area contributed by atoms with Gasteiger partial charge < -0.3 is 9.88 Å². The van der Waals surface area contributed by atoms with Crippen molar-refractivity contribution in [2.45, 2.75) is 52.0 Å². The molecule has 2 aliphatic rings. The Morgan fingerprint density at radius 1 is 1.17 bits per heavy atom. The summed E-state index contributed by atoms with van der Waals surface area (Å²) in [7, 11) is 0. The smallest absolute Gasteiger partial charge is 0.261 e. The lowest BCUT2D eigenvalue weighted by Crippen LogP contribution is -2.49. The Morgan fingerprint density at radius 3 is 2.57 bits per heavy atom. The molecule has 1 saturated heterocycles.